The molecule has 1 aliphatic rings. The molecule has 2 rings (SSSR count). The Bertz CT molecular complexity index is 747. The Hall–Kier alpha value is -2.72. The monoisotopic (exact) mass is 355 g/mol. The Morgan fingerprint density at radius 1 is 1.12 bits per heavy atom. The van der Waals surface area contributed by atoms with E-state index in [1.165, 1.54) is 19.3 Å². The maximum atomic E-state index is 9.05. The molecule has 7 heteroatoms. The van der Waals surface area contributed by atoms with Crippen LogP contribution in [0.1, 0.15) is 19.3 Å². The van der Waals surface area contributed by atoms with E-state index in [4.69, 9.17) is 32.1 Å². The van der Waals surface area contributed by atoms with E-state index in [1.54, 1.807) is 36.4 Å². The summed E-state index contributed by atoms with van der Waals surface area (Å²) < 4.78 is 5.73. The number of likely N-dealkylation sites (tertiary alicyclic amines) is 1. The minimum Gasteiger partial charge on any atom is -0.491 e. The normalized spacial score (nSPS) is 13.8. The fourth-order valence-electron chi connectivity index (χ4n) is 2.59. The van der Waals surface area contributed by atoms with Gasteiger partial charge in [0.2, 0.25) is 0 Å². The van der Waals surface area contributed by atoms with Gasteiger partial charge in [-0.25, -0.2) is 0 Å². The summed E-state index contributed by atoms with van der Waals surface area (Å²) >= 11 is 6.22. The third-order valence-electron chi connectivity index (χ3n) is 3.90. The second-order valence-corrected chi connectivity index (χ2v) is 6.01. The van der Waals surface area contributed by atoms with Crippen molar-refractivity contribution >= 4 is 17.3 Å². The van der Waals surface area contributed by atoms with Crippen molar-refractivity contribution < 1.29 is 4.74 Å². The number of nitriles is 3. The molecule has 1 aromatic carbocycles. The van der Waals surface area contributed by atoms with E-state index in [0.717, 1.165) is 19.6 Å². The average Bonchev–Trinajstić information content (AvgIpc) is 2.64. The fourth-order valence-corrected chi connectivity index (χ4v) is 2.83. The summed E-state index contributed by atoms with van der Waals surface area (Å²) in [5.41, 5.74) is 0.119. The van der Waals surface area contributed by atoms with Gasteiger partial charge in [-0.1, -0.05) is 18.0 Å². The number of halogens is 1. The standard InChI is InChI=1S/C18H18ClN5O/c19-16-10-15(23-17(13-22)14(11-20)12-21)4-5-18(16)25-9-8-24-6-2-1-3-7-24/h4-5,10,23H,1-3,6-9H2. The Labute approximate surface area is 152 Å². The van der Waals surface area contributed by atoms with Crippen molar-refractivity contribution in [2.24, 2.45) is 0 Å². The summed E-state index contributed by atoms with van der Waals surface area (Å²) in [5.74, 6) is 0.563. The minimum absolute atomic E-state index is 0.111. The zero-order chi connectivity index (χ0) is 18.1. The van der Waals surface area contributed by atoms with Gasteiger partial charge in [-0.2, -0.15) is 15.8 Å². The van der Waals surface area contributed by atoms with Crippen molar-refractivity contribution in [2.75, 3.05) is 31.6 Å². The van der Waals surface area contributed by atoms with E-state index in [0.29, 0.717) is 23.1 Å². The van der Waals surface area contributed by atoms with Crippen LogP contribution >= 0.6 is 11.6 Å². The number of anilines is 1. The summed E-state index contributed by atoms with van der Waals surface area (Å²) in [6.45, 7) is 3.65. The highest BCUT2D eigenvalue weighted by Gasteiger charge is 2.11. The van der Waals surface area contributed by atoms with E-state index in [9.17, 15) is 0 Å². The third-order valence-corrected chi connectivity index (χ3v) is 4.20. The van der Waals surface area contributed by atoms with E-state index in [1.807, 2.05) is 0 Å². The summed E-state index contributed by atoms with van der Waals surface area (Å²) in [5, 5.41) is 29.9. The van der Waals surface area contributed by atoms with Gasteiger partial charge in [-0.05, 0) is 44.1 Å². The zero-order valence-electron chi connectivity index (χ0n) is 13.8. The SMILES string of the molecule is N#CC(C#N)=C(C#N)Nc1ccc(OCCN2CCCCC2)c(Cl)c1. The number of piperidine rings is 1. The summed E-state index contributed by atoms with van der Waals surface area (Å²) in [4.78, 5) is 2.38. The van der Waals surface area contributed by atoms with Gasteiger partial charge in [-0.15, -0.1) is 0 Å². The lowest BCUT2D eigenvalue weighted by Crippen LogP contribution is -2.33. The molecular weight excluding hydrogens is 338 g/mol. The summed E-state index contributed by atoms with van der Waals surface area (Å²) in [7, 11) is 0. The first-order chi connectivity index (χ1) is 12.2. The average molecular weight is 356 g/mol. The predicted octanol–water partition coefficient (Wildman–Crippen LogP) is 3.44. The van der Waals surface area contributed by atoms with Crippen LogP contribution in [0.25, 0.3) is 0 Å². The molecule has 0 aromatic heterocycles. The first kappa shape index (κ1) is 18.6. The quantitative estimate of drug-likeness (QED) is 0.785. The zero-order valence-corrected chi connectivity index (χ0v) is 14.5. The number of rotatable bonds is 6. The molecule has 0 unspecified atom stereocenters. The highest BCUT2D eigenvalue weighted by molar-refractivity contribution is 6.32. The lowest BCUT2D eigenvalue weighted by atomic mass is 10.1. The van der Waals surface area contributed by atoms with Crippen molar-refractivity contribution in [2.45, 2.75) is 19.3 Å². The summed E-state index contributed by atoms with van der Waals surface area (Å²) in [6.07, 6.45) is 3.78. The van der Waals surface area contributed by atoms with E-state index in [2.05, 4.69) is 10.2 Å². The summed E-state index contributed by atoms with van der Waals surface area (Å²) in [6, 6.07) is 10.1. The van der Waals surface area contributed by atoms with Crippen LogP contribution < -0.4 is 10.1 Å². The van der Waals surface area contributed by atoms with Gasteiger partial charge < -0.3 is 10.1 Å². The van der Waals surface area contributed by atoms with Crippen LogP contribution in [0.4, 0.5) is 5.69 Å². The second-order valence-electron chi connectivity index (χ2n) is 5.61. The van der Waals surface area contributed by atoms with Gasteiger partial charge >= 0.3 is 0 Å². The lowest BCUT2D eigenvalue weighted by molar-refractivity contribution is 0.183. The van der Waals surface area contributed by atoms with Gasteiger partial charge in [0.05, 0.1) is 5.02 Å². The molecule has 25 heavy (non-hydrogen) atoms. The number of hydrogen-bond acceptors (Lipinski definition) is 6. The molecule has 0 bridgehead atoms. The Balaban J connectivity index is 1.96. The molecule has 1 fully saturated rings. The molecule has 0 amide bonds. The molecule has 1 N–H and O–H groups in total. The molecule has 128 valence electrons. The Morgan fingerprint density at radius 2 is 1.84 bits per heavy atom. The molecule has 0 saturated carbocycles. The molecule has 6 nitrogen and oxygen atoms in total. The van der Waals surface area contributed by atoms with Crippen LogP contribution in [0.3, 0.4) is 0 Å². The number of hydrogen-bond donors (Lipinski definition) is 1. The number of nitrogens with zero attached hydrogens (tertiary/aromatic N) is 4. The first-order valence-corrected chi connectivity index (χ1v) is 8.42. The number of ether oxygens (including phenoxy) is 1. The largest absolute Gasteiger partial charge is 0.491 e. The maximum absolute atomic E-state index is 9.05. The van der Waals surface area contributed by atoms with Crippen LogP contribution in [-0.4, -0.2) is 31.1 Å². The molecular formula is C18H18ClN5O. The van der Waals surface area contributed by atoms with Gasteiger partial charge in [0.15, 0.2) is 5.57 Å². The smallest absolute Gasteiger partial charge is 0.163 e. The van der Waals surface area contributed by atoms with E-state index in [-0.39, 0.29) is 11.3 Å². The van der Waals surface area contributed by atoms with Crippen LogP contribution in [0, 0.1) is 34.0 Å². The molecule has 1 aromatic rings. The van der Waals surface area contributed by atoms with Crippen molar-refractivity contribution in [1.29, 1.82) is 15.8 Å². The minimum atomic E-state index is -0.277. The molecule has 0 radical (unpaired) electrons. The van der Waals surface area contributed by atoms with Gasteiger partial charge in [0.1, 0.15) is 36.3 Å². The molecule has 1 heterocycles. The number of benzene rings is 1. The second kappa shape index (κ2) is 9.55. The van der Waals surface area contributed by atoms with Crippen LogP contribution in [0.2, 0.25) is 5.02 Å². The topological polar surface area (TPSA) is 95.9 Å². The van der Waals surface area contributed by atoms with E-state index >= 15 is 0 Å². The fraction of sp³-hybridized carbons (Fsp3) is 0.389. The number of allylic oxidation sites excluding steroid dienone is 2. The van der Waals surface area contributed by atoms with Crippen LogP contribution in [-0.2, 0) is 0 Å². The van der Waals surface area contributed by atoms with Crippen LogP contribution in [0.15, 0.2) is 29.5 Å². The van der Waals surface area contributed by atoms with Crippen LogP contribution in [0.5, 0.6) is 5.75 Å². The molecule has 0 atom stereocenters. The molecule has 0 spiro atoms. The third kappa shape index (κ3) is 5.40. The highest BCUT2D eigenvalue weighted by Crippen LogP contribution is 2.28. The Kier molecular flexibility index (Phi) is 7.11. The Morgan fingerprint density at radius 3 is 2.44 bits per heavy atom. The molecule has 0 aliphatic carbocycles. The van der Waals surface area contributed by atoms with Gasteiger partial charge in [-0.3, -0.25) is 4.90 Å². The highest BCUT2D eigenvalue weighted by atomic mass is 35.5. The number of nitrogens with one attached hydrogen (secondary N) is 1. The molecule has 1 aliphatic heterocycles. The van der Waals surface area contributed by atoms with Crippen molar-refractivity contribution in [3.05, 3.63) is 34.5 Å². The van der Waals surface area contributed by atoms with Crippen molar-refractivity contribution in [3.8, 4) is 24.0 Å². The van der Waals surface area contributed by atoms with Gasteiger partial charge in [0.25, 0.3) is 0 Å². The molecule has 1 saturated heterocycles. The first-order valence-electron chi connectivity index (χ1n) is 8.04. The van der Waals surface area contributed by atoms with Gasteiger partial charge in [0, 0.05) is 12.2 Å². The maximum Gasteiger partial charge on any atom is 0.163 e. The van der Waals surface area contributed by atoms with Crippen molar-refractivity contribution in [3.63, 3.8) is 0 Å². The predicted molar refractivity (Wildman–Crippen MR) is 94.7 cm³/mol. The van der Waals surface area contributed by atoms with E-state index < -0.39 is 0 Å². The van der Waals surface area contributed by atoms with Crippen molar-refractivity contribution in [1.82, 2.24) is 4.90 Å². The lowest BCUT2D eigenvalue weighted by Gasteiger charge is -2.26.